The molecule has 2 rings (SSSR count). The van der Waals surface area contributed by atoms with Crippen molar-refractivity contribution >= 4 is 6.01 Å². The number of nitrogens with zero attached hydrogens (tertiary/aromatic N) is 3. The fourth-order valence-corrected chi connectivity index (χ4v) is 2.91. The second-order valence-corrected chi connectivity index (χ2v) is 5.77. The monoisotopic (exact) mass is 323 g/mol. The predicted octanol–water partition coefficient (Wildman–Crippen LogP) is 1.52. The van der Waals surface area contributed by atoms with E-state index in [-0.39, 0.29) is 19.2 Å². The Balaban J connectivity index is 2.12. The molecule has 0 aliphatic carbocycles. The lowest BCUT2D eigenvalue weighted by Crippen LogP contribution is -2.54. The summed E-state index contributed by atoms with van der Waals surface area (Å²) < 4.78 is 42.0. The highest BCUT2D eigenvalue weighted by atomic mass is 19.4. The van der Waals surface area contributed by atoms with E-state index in [1.54, 1.807) is 4.90 Å². The third-order valence-corrected chi connectivity index (χ3v) is 4.03. The predicted molar refractivity (Wildman–Crippen MR) is 71.3 cm³/mol. The van der Waals surface area contributed by atoms with Crippen molar-refractivity contribution in [2.24, 2.45) is 5.41 Å². The topological polar surface area (TPSA) is 82.6 Å². The molecule has 0 radical (unpaired) electrons. The minimum atomic E-state index is -4.40. The highest BCUT2D eigenvalue weighted by molar-refractivity contribution is 5.27. The molecular weight excluding hydrogens is 303 g/mol. The normalized spacial score (nSPS) is 26.5. The quantitative estimate of drug-likeness (QED) is 0.855. The zero-order valence-electron chi connectivity index (χ0n) is 12.3. The smallest absolute Gasteiger partial charge is 0.397 e. The van der Waals surface area contributed by atoms with Crippen LogP contribution in [0.1, 0.15) is 32.1 Å². The van der Waals surface area contributed by atoms with Crippen molar-refractivity contribution in [1.82, 2.24) is 10.2 Å². The van der Waals surface area contributed by atoms with Crippen LogP contribution in [0.3, 0.4) is 0 Å². The SMILES string of the molecule is CCC[C@@]1(CO)CN(c2nnc(CC(F)(F)F)o2)CC[C@@H]1O. The first-order valence-electron chi connectivity index (χ1n) is 7.22. The van der Waals surface area contributed by atoms with Crippen LogP contribution in [0.15, 0.2) is 4.42 Å². The van der Waals surface area contributed by atoms with Gasteiger partial charge in [0.05, 0.1) is 12.7 Å². The second kappa shape index (κ2) is 6.41. The lowest BCUT2D eigenvalue weighted by molar-refractivity contribution is -0.130. The summed E-state index contributed by atoms with van der Waals surface area (Å²) in [6, 6.07) is 0.0000723. The summed E-state index contributed by atoms with van der Waals surface area (Å²) >= 11 is 0. The van der Waals surface area contributed by atoms with Crippen LogP contribution in [0.5, 0.6) is 0 Å². The van der Waals surface area contributed by atoms with Crippen molar-refractivity contribution in [1.29, 1.82) is 0 Å². The van der Waals surface area contributed by atoms with Gasteiger partial charge in [0.15, 0.2) is 0 Å². The van der Waals surface area contributed by atoms with E-state index >= 15 is 0 Å². The van der Waals surface area contributed by atoms with Crippen LogP contribution in [0.4, 0.5) is 19.2 Å². The molecule has 6 nitrogen and oxygen atoms in total. The molecule has 22 heavy (non-hydrogen) atoms. The summed E-state index contributed by atoms with van der Waals surface area (Å²) in [5.74, 6) is -0.487. The van der Waals surface area contributed by atoms with Gasteiger partial charge in [-0.3, -0.25) is 0 Å². The third-order valence-electron chi connectivity index (χ3n) is 4.03. The van der Waals surface area contributed by atoms with Gasteiger partial charge in [-0.2, -0.15) is 13.2 Å². The van der Waals surface area contributed by atoms with E-state index in [2.05, 4.69) is 10.2 Å². The molecule has 1 aliphatic rings. The maximum atomic E-state index is 12.3. The van der Waals surface area contributed by atoms with Crippen LogP contribution < -0.4 is 4.90 Å². The maximum absolute atomic E-state index is 12.3. The number of alkyl halides is 3. The van der Waals surface area contributed by atoms with Gasteiger partial charge in [-0.05, 0) is 12.8 Å². The molecule has 0 bridgehead atoms. The number of hydrogen-bond acceptors (Lipinski definition) is 6. The standard InChI is InChI=1S/C13H20F3N3O3/c1-2-4-12(8-20)7-19(5-3-9(12)21)11-18-17-10(22-11)6-13(14,15)16/h9,20-21H,2-8H2,1H3/t9-,12-/m0/s1. The van der Waals surface area contributed by atoms with E-state index in [1.807, 2.05) is 6.92 Å². The van der Waals surface area contributed by atoms with Gasteiger partial charge in [0.2, 0.25) is 5.89 Å². The van der Waals surface area contributed by atoms with Crippen molar-refractivity contribution in [3.63, 3.8) is 0 Å². The molecule has 9 heteroatoms. The summed E-state index contributed by atoms with van der Waals surface area (Å²) in [4.78, 5) is 1.63. The van der Waals surface area contributed by atoms with Crippen molar-refractivity contribution in [2.75, 3.05) is 24.6 Å². The lowest BCUT2D eigenvalue weighted by atomic mass is 9.74. The zero-order valence-corrected chi connectivity index (χ0v) is 12.3. The summed E-state index contributed by atoms with van der Waals surface area (Å²) in [7, 11) is 0. The Hall–Kier alpha value is -1.35. The van der Waals surface area contributed by atoms with Crippen LogP contribution in [0, 0.1) is 5.41 Å². The second-order valence-electron chi connectivity index (χ2n) is 5.77. The fourth-order valence-electron chi connectivity index (χ4n) is 2.91. The first kappa shape index (κ1) is 17.0. The highest BCUT2D eigenvalue weighted by Crippen LogP contribution is 2.36. The number of anilines is 1. The molecule has 0 unspecified atom stereocenters. The number of halogens is 3. The Kier molecular flexibility index (Phi) is 4.96. The van der Waals surface area contributed by atoms with Gasteiger partial charge in [0.25, 0.3) is 0 Å². The van der Waals surface area contributed by atoms with Crippen LogP contribution in [0.25, 0.3) is 0 Å². The molecule has 1 fully saturated rings. The van der Waals surface area contributed by atoms with Crippen molar-refractivity contribution in [2.45, 2.75) is 44.9 Å². The molecule has 126 valence electrons. The average molecular weight is 323 g/mol. The van der Waals surface area contributed by atoms with Gasteiger partial charge in [0, 0.05) is 18.5 Å². The molecule has 0 saturated carbocycles. The van der Waals surface area contributed by atoms with Gasteiger partial charge in [-0.25, -0.2) is 0 Å². The molecule has 0 aromatic carbocycles. The Morgan fingerprint density at radius 2 is 2.14 bits per heavy atom. The molecule has 1 aromatic rings. The van der Waals surface area contributed by atoms with Crippen molar-refractivity contribution in [3.8, 4) is 0 Å². The molecule has 2 N–H and O–H groups in total. The average Bonchev–Trinajstić information content (AvgIpc) is 2.88. The molecule has 1 aromatic heterocycles. The Bertz CT molecular complexity index is 494. The number of aliphatic hydroxyl groups excluding tert-OH is 2. The first-order chi connectivity index (χ1) is 10.3. The molecule has 2 heterocycles. The largest absolute Gasteiger partial charge is 0.408 e. The Morgan fingerprint density at radius 1 is 1.41 bits per heavy atom. The minimum Gasteiger partial charge on any atom is -0.408 e. The van der Waals surface area contributed by atoms with Crippen LogP contribution in [-0.4, -0.2) is 52.4 Å². The number of aliphatic hydroxyl groups is 2. The van der Waals surface area contributed by atoms with E-state index in [4.69, 9.17) is 4.42 Å². The van der Waals surface area contributed by atoms with Gasteiger partial charge in [-0.15, -0.1) is 5.10 Å². The van der Waals surface area contributed by atoms with E-state index in [1.165, 1.54) is 0 Å². The van der Waals surface area contributed by atoms with E-state index in [0.717, 1.165) is 6.42 Å². The summed E-state index contributed by atoms with van der Waals surface area (Å²) in [5.41, 5.74) is -0.717. The van der Waals surface area contributed by atoms with Crippen molar-refractivity contribution in [3.05, 3.63) is 5.89 Å². The minimum absolute atomic E-state index is 0.0000723. The number of piperidine rings is 1. The number of aromatic nitrogens is 2. The van der Waals surface area contributed by atoms with Crippen molar-refractivity contribution < 1.29 is 27.8 Å². The van der Waals surface area contributed by atoms with Crippen LogP contribution in [-0.2, 0) is 6.42 Å². The van der Waals surface area contributed by atoms with E-state index in [9.17, 15) is 23.4 Å². The first-order valence-corrected chi connectivity index (χ1v) is 7.22. The summed E-state index contributed by atoms with van der Waals surface area (Å²) in [6.45, 7) is 2.39. The molecular formula is C13H20F3N3O3. The molecule has 0 spiro atoms. The Morgan fingerprint density at radius 3 is 2.73 bits per heavy atom. The zero-order chi connectivity index (χ0) is 16.4. The van der Waals surface area contributed by atoms with E-state index < -0.39 is 30.0 Å². The molecule has 0 amide bonds. The van der Waals surface area contributed by atoms with Gasteiger partial charge < -0.3 is 19.5 Å². The third kappa shape index (κ3) is 3.70. The van der Waals surface area contributed by atoms with Crippen LogP contribution in [0.2, 0.25) is 0 Å². The maximum Gasteiger partial charge on any atom is 0.397 e. The fraction of sp³-hybridized carbons (Fsp3) is 0.846. The van der Waals surface area contributed by atoms with Crippen LogP contribution >= 0.6 is 0 Å². The molecule has 1 aliphatic heterocycles. The molecule has 1 saturated heterocycles. The number of hydrogen-bond donors (Lipinski definition) is 2. The highest BCUT2D eigenvalue weighted by Gasteiger charge is 2.43. The number of rotatable bonds is 5. The van der Waals surface area contributed by atoms with Gasteiger partial charge >= 0.3 is 12.2 Å². The molecule has 2 atom stereocenters. The summed E-state index contributed by atoms with van der Waals surface area (Å²) in [6.07, 6.45) is -4.57. The van der Waals surface area contributed by atoms with Gasteiger partial charge in [-0.1, -0.05) is 18.4 Å². The lowest BCUT2D eigenvalue weighted by Gasteiger charge is -2.44. The van der Waals surface area contributed by atoms with E-state index in [0.29, 0.717) is 19.4 Å². The van der Waals surface area contributed by atoms with Gasteiger partial charge in [0.1, 0.15) is 6.42 Å². The Labute approximate surface area is 125 Å². The summed E-state index contributed by atoms with van der Waals surface area (Å²) in [5, 5.41) is 26.9.